The Hall–Kier alpha value is -1.36. The molecule has 0 aliphatic carbocycles. The van der Waals surface area contributed by atoms with Crippen molar-refractivity contribution in [3.8, 4) is 0 Å². The molecule has 0 bridgehead atoms. The van der Waals surface area contributed by atoms with Crippen molar-refractivity contribution in [2.24, 2.45) is 5.41 Å². The number of hydrogen-bond donors (Lipinski definition) is 1. The van der Waals surface area contributed by atoms with Gasteiger partial charge in [0.15, 0.2) is 0 Å². The van der Waals surface area contributed by atoms with E-state index in [9.17, 15) is 4.79 Å². The van der Waals surface area contributed by atoms with E-state index >= 15 is 0 Å². The molecule has 0 saturated carbocycles. The lowest BCUT2D eigenvalue weighted by atomic mass is 9.78. The maximum Gasteiger partial charge on any atom is 0.224 e. The van der Waals surface area contributed by atoms with Crippen LogP contribution in [0.25, 0.3) is 0 Å². The summed E-state index contributed by atoms with van der Waals surface area (Å²) in [5, 5.41) is 7.54. The molecule has 1 aromatic rings. The Morgan fingerprint density at radius 2 is 2.16 bits per heavy atom. The number of likely N-dealkylation sites (tertiary alicyclic amines) is 1. The zero-order chi connectivity index (χ0) is 13.1. The molecule has 0 radical (unpaired) electrons. The van der Waals surface area contributed by atoms with Gasteiger partial charge in [-0.2, -0.15) is 5.10 Å². The number of amides is 1. The Morgan fingerprint density at radius 1 is 1.32 bits per heavy atom. The minimum atomic E-state index is 0.283. The van der Waals surface area contributed by atoms with Gasteiger partial charge in [0.1, 0.15) is 0 Å². The molecule has 19 heavy (non-hydrogen) atoms. The van der Waals surface area contributed by atoms with Crippen molar-refractivity contribution in [2.45, 2.75) is 32.2 Å². The molecular weight excluding hydrogens is 240 g/mol. The van der Waals surface area contributed by atoms with Crippen molar-refractivity contribution in [2.75, 3.05) is 26.2 Å². The summed E-state index contributed by atoms with van der Waals surface area (Å²) in [5.74, 6) is 0.283. The number of hydrogen-bond acceptors (Lipinski definition) is 3. The lowest BCUT2D eigenvalue weighted by Crippen LogP contribution is -2.39. The molecule has 2 saturated heterocycles. The molecule has 3 heterocycles. The first-order valence-corrected chi connectivity index (χ1v) is 7.23. The van der Waals surface area contributed by atoms with Crippen LogP contribution in [-0.2, 0) is 11.3 Å². The number of aromatic nitrogens is 2. The summed E-state index contributed by atoms with van der Waals surface area (Å²) >= 11 is 0. The SMILES string of the molecule is O=C(CCn1cccn1)N1CCC2(CCNCC2)C1. The van der Waals surface area contributed by atoms with Crippen LogP contribution in [0.15, 0.2) is 18.5 Å². The molecular formula is C14H22N4O. The van der Waals surface area contributed by atoms with Crippen LogP contribution >= 0.6 is 0 Å². The average molecular weight is 262 g/mol. The molecule has 5 heteroatoms. The third kappa shape index (κ3) is 2.81. The highest BCUT2D eigenvalue weighted by Gasteiger charge is 2.40. The van der Waals surface area contributed by atoms with Crippen LogP contribution in [0.3, 0.4) is 0 Å². The van der Waals surface area contributed by atoms with Gasteiger partial charge in [-0.15, -0.1) is 0 Å². The first kappa shape index (κ1) is 12.7. The maximum atomic E-state index is 12.2. The first-order valence-electron chi connectivity index (χ1n) is 7.23. The van der Waals surface area contributed by atoms with Crippen molar-refractivity contribution in [3.05, 3.63) is 18.5 Å². The van der Waals surface area contributed by atoms with Crippen molar-refractivity contribution in [1.29, 1.82) is 0 Å². The van der Waals surface area contributed by atoms with Crippen LogP contribution in [0.2, 0.25) is 0 Å². The summed E-state index contributed by atoms with van der Waals surface area (Å²) in [6.45, 7) is 4.81. The fraction of sp³-hybridized carbons (Fsp3) is 0.714. The van der Waals surface area contributed by atoms with E-state index in [-0.39, 0.29) is 5.91 Å². The summed E-state index contributed by atoms with van der Waals surface area (Å²) in [7, 11) is 0. The molecule has 0 unspecified atom stereocenters. The Labute approximate surface area is 114 Å². The van der Waals surface area contributed by atoms with E-state index < -0.39 is 0 Å². The minimum Gasteiger partial charge on any atom is -0.342 e. The number of nitrogens with one attached hydrogen (secondary N) is 1. The van der Waals surface area contributed by atoms with Crippen LogP contribution in [0, 0.1) is 5.41 Å². The van der Waals surface area contributed by atoms with Gasteiger partial charge in [-0.25, -0.2) is 0 Å². The standard InChI is InChI=1S/C14H22N4O/c19-13(2-10-18-9-1-6-16-18)17-11-5-14(12-17)3-7-15-8-4-14/h1,6,9,15H,2-5,7-8,10-12H2. The monoisotopic (exact) mass is 262 g/mol. The van der Waals surface area contributed by atoms with Gasteiger partial charge < -0.3 is 10.2 Å². The largest absolute Gasteiger partial charge is 0.342 e. The van der Waals surface area contributed by atoms with Crippen molar-refractivity contribution >= 4 is 5.91 Å². The third-order valence-electron chi connectivity index (χ3n) is 4.57. The minimum absolute atomic E-state index is 0.283. The second-order valence-corrected chi connectivity index (χ2v) is 5.83. The molecule has 1 N–H and O–H groups in total. The normalized spacial score (nSPS) is 22.0. The summed E-state index contributed by atoms with van der Waals surface area (Å²) < 4.78 is 1.83. The van der Waals surface area contributed by atoms with Crippen LogP contribution in [-0.4, -0.2) is 46.8 Å². The molecule has 1 amide bonds. The molecule has 104 valence electrons. The lowest BCUT2D eigenvalue weighted by molar-refractivity contribution is -0.130. The number of nitrogens with zero attached hydrogens (tertiary/aromatic N) is 3. The van der Waals surface area contributed by atoms with E-state index in [0.29, 0.717) is 18.4 Å². The lowest BCUT2D eigenvalue weighted by Gasteiger charge is -2.33. The van der Waals surface area contributed by atoms with Gasteiger partial charge in [0.25, 0.3) is 0 Å². The first-order chi connectivity index (χ1) is 9.27. The van der Waals surface area contributed by atoms with Gasteiger partial charge in [-0.05, 0) is 43.8 Å². The summed E-state index contributed by atoms with van der Waals surface area (Å²) in [4.78, 5) is 14.3. The smallest absolute Gasteiger partial charge is 0.224 e. The highest BCUT2D eigenvalue weighted by Crippen LogP contribution is 2.38. The van der Waals surface area contributed by atoms with Gasteiger partial charge >= 0.3 is 0 Å². The van der Waals surface area contributed by atoms with Gasteiger partial charge in [0.05, 0.1) is 0 Å². The second kappa shape index (κ2) is 5.33. The van der Waals surface area contributed by atoms with Gasteiger partial charge in [-0.1, -0.05) is 0 Å². The van der Waals surface area contributed by atoms with Crippen LogP contribution in [0.1, 0.15) is 25.7 Å². The molecule has 1 spiro atoms. The van der Waals surface area contributed by atoms with E-state index in [1.165, 1.54) is 19.3 Å². The number of carbonyl (C=O) groups is 1. The third-order valence-corrected chi connectivity index (χ3v) is 4.57. The average Bonchev–Trinajstić information content (AvgIpc) is 3.07. The Kier molecular flexibility index (Phi) is 3.55. The molecule has 0 atom stereocenters. The van der Waals surface area contributed by atoms with Crippen molar-refractivity contribution < 1.29 is 4.79 Å². The fourth-order valence-corrected chi connectivity index (χ4v) is 3.31. The Balaban J connectivity index is 1.51. The quantitative estimate of drug-likeness (QED) is 0.879. The highest BCUT2D eigenvalue weighted by molar-refractivity contribution is 5.76. The Morgan fingerprint density at radius 3 is 2.89 bits per heavy atom. The van der Waals surface area contributed by atoms with Crippen molar-refractivity contribution in [1.82, 2.24) is 20.0 Å². The predicted molar refractivity (Wildman–Crippen MR) is 72.6 cm³/mol. The fourth-order valence-electron chi connectivity index (χ4n) is 3.31. The molecule has 0 aromatic carbocycles. The number of piperidine rings is 1. The highest BCUT2D eigenvalue weighted by atomic mass is 16.2. The zero-order valence-electron chi connectivity index (χ0n) is 11.3. The molecule has 5 nitrogen and oxygen atoms in total. The zero-order valence-corrected chi connectivity index (χ0v) is 11.3. The summed E-state index contributed by atoms with van der Waals surface area (Å²) in [5.41, 5.74) is 0.409. The molecule has 1 aromatic heterocycles. The van der Waals surface area contributed by atoms with Crippen LogP contribution in [0.4, 0.5) is 0 Å². The summed E-state index contributed by atoms with van der Waals surface area (Å²) in [6.07, 6.45) is 7.85. The Bertz CT molecular complexity index is 423. The van der Waals surface area contributed by atoms with E-state index in [4.69, 9.17) is 0 Å². The van der Waals surface area contributed by atoms with Gasteiger partial charge in [0.2, 0.25) is 5.91 Å². The molecule has 2 aliphatic heterocycles. The van der Waals surface area contributed by atoms with Gasteiger partial charge in [0, 0.05) is 38.4 Å². The number of aryl methyl sites for hydroxylation is 1. The van der Waals surface area contributed by atoms with E-state index in [1.807, 2.05) is 16.9 Å². The maximum absolute atomic E-state index is 12.2. The molecule has 3 rings (SSSR count). The number of carbonyl (C=O) groups excluding carboxylic acids is 1. The number of rotatable bonds is 3. The van der Waals surface area contributed by atoms with Crippen molar-refractivity contribution in [3.63, 3.8) is 0 Å². The van der Waals surface area contributed by atoms with Gasteiger partial charge in [-0.3, -0.25) is 9.48 Å². The molecule has 2 fully saturated rings. The molecule has 2 aliphatic rings. The van der Waals surface area contributed by atoms with E-state index in [2.05, 4.69) is 15.3 Å². The predicted octanol–water partition coefficient (Wildman–Crippen LogP) is 0.875. The van der Waals surface area contributed by atoms with E-state index in [0.717, 1.165) is 26.2 Å². The van der Waals surface area contributed by atoms with Crippen LogP contribution < -0.4 is 5.32 Å². The van der Waals surface area contributed by atoms with Crippen LogP contribution in [0.5, 0.6) is 0 Å². The second-order valence-electron chi connectivity index (χ2n) is 5.83. The van der Waals surface area contributed by atoms with E-state index in [1.54, 1.807) is 6.20 Å². The summed E-state index contributed by atoms with van der Waals surface area (Å²) in [6, 6.07) is 1.89. The topological polar surface area (TPSA) is 50.2 Å².